The van der Waals surface area contributed by atoms with Crippen LogP contribution < -0.4 is 10.6 Å². The standard InChI is InChI=1S/C15H21N3OS.HI/c1-15(2,13-5-4-8-20-13)11-18-14(16-3)17-9-12-6-7-19-10-12;/h4-8,10H,9,11H2,1-3H3,(H2,16,17,18);1H. The van der Waals surface area contributed by atoms with Crippen LogP contribution in [-0.4, -0.2) is 19.6 Å². The molecule has 4 nitrogen and oxygen atoms in total. The summed E-state index contributed by atoms with van der Waals surface area (Å²) in [5.74, 6) is 0.802. The van der Waals surface area contributed by atoms with Crippen LogP contribution >= 0.6 is 35.3 Å². The molecule has 0 saturated heterocycles. The molecule has 0 atom stereocenters. The molecule has 21 heavy (non-hydrogen) atoms. The predicted octanol–water partition coefficient (Wildman–Crippen LogP) is 3.60. The molecule has 6 heteroatoms. The first kappa shape index (κ1) is 18.0. The minimum atomic E-state index is 0. The lowest BCUT2D eigenvalue weighted by Crippen LogP contribution is -2.42. The van der Waals surface area contributed by atoms with Crippen LogP contribution in [0, 0.1) is 0 Å². The molecule has 0 aliphatic rings. The molecule has 0 spiro atoms. The van der Waals surface area contributed by atoms with Crippen LogP contribution in [0.3, 0.4) is 0 Å². The van der Waals surface area contributed by atoms with Gasteiger partial charge in [0.15, 0.2) is 5.96 Å². The van der Waals surface area contributed by atoms with Gasteiger partial charge >= 0.3 is 0 Å². The summed E-state index contributed by atoms with van der Waals surface area (Å²) < 4.78 is 5.04. The minimum absolute atomic E-state index is 0. The molecule has 0 aromatic carbocycles. The van der Waals surface area contributed by atoms with Gasteiger partial charge in [0.2, 0.25) is 0 Å². The van der Waals surface area contributed by atoms with E-state index in [9.17, 15) is 0 Å². The van der Waals surface area contributed by atoms with Crippen molar-refractivity contribution in [1.82, 2.24) is 10.6 Å². The van der Waals surface area contributed by atoms with E-state index in [1.54, 1.807) is 30.9 Å². The number of nitrogens with zero attached hydrogens (tertiary/aromatic N) is 1. The molecule has 2 N–H and O–H groups in total. The lowest BCUT2D eigenvalue weighted by molar-refractivity contribution is 0.518. The van der Waals surface area contributed by atoms with E-state index in [1.807, 2.05) is 6.07 Å². The quantitative estimate of drug-likeness (QED) is 0.443. The zero-order valence-electron chi connectivity index (χ0n) is 12.6. The van der Waals surface area contributed by atoms with Crippen LogP contribution in [0.2, 0.25) is 0 Å². The fraction of sp³-hybridized carbons (Fsp3) is 0.400. The van der Waals surface area contributed by atoms with Crippen molar-refractivity contribution in [3.63, 3.8) is 0 Å². The Morgan fingerprint density at radius 2 is 2.14 bits per heavy atom. The molecule has 2 aromatic heterocycles. The number of furan rings is 1. The van der Waals surface area contributed by atoms with Crippen molar-refractivity contribution in [2.24, 2.45) is 4.99 Å². The zero-order valence-corrected chi connectivity index (χ0v) is 15.7. The topological polar surface area (TPSA) is 49.6 Å². The Morgan fingerprint density at radius 3 is 2.71 bits per heavy atom. The molecular weight excluding hydrogens is 397 g/mol. The Bertz CT molecular complexity index is 535. The molecular formula is C15H22IN3OS. The van der Waals surface area contributed by atoms with Gasteiger partial charge in [-0.05, 0) is 17.5 Å². The second-order valence-electron chi connectivity index (χ2n) is 5.27. The van der Waals surface area contributed by atoms with Crippen molar-refractivity contribution in [1.29, 1.82) is 0 Å². The number of rotatable bonds is 5. The highest BCUT2D eigenvalue weighted by molar-refractivity contribution is 14.0. The van der Waals surface area contributed by atoms with E-state index in [0.29, 0.717) is 6.54 Å². The van der Waals surface area contributed by atoms with E-state index in [0.717, 1.165) is 18.1 Å². The highest BCUT2D eigenvalue weighted by Crippen LogP contribution is 2.26. The molecule has 0 unspecified atom stereocenters. The summed E-state index contributed by atoms with van der Waals surface area (Å²) in [7, 11) is 1.78. The average molecular weight is 419 g/mol. The van der Waals surface area contributed by atoms with Gasteiger partial charge in [-0.1, -0.05) is 19.9 Å². The van der Waals surface area contributed by atoms with Crippen molar-refractivity contribution in [2.45, 2.75) is 25.8 Å². The van der Waals surface area contributed by atoms with Crippen LogP contribution in [0.15, 0.2) is 45.5 Å². The molecule has 116 valence electrons. The highest BCUT2D eigenvalue weighted by Gasteiger charge is 2.21. The van der Waals surface area contributed by atoms with Crippen molar-refractivity contribution in [2.75, 3.05) is 13.6 Å². The number of aliphatic imine (C=N–C) groups is 1. The van der Waals surface area contributed by atoms with Gasteiger partial charge in [-0.15, -0.1) is 35.3 Å². The van der Waals surface area contributed by atoms with Crippen molar-refractivity contribution < 1.29 is 4.42 Å². The molecule has 0 fully saturated rings. The fourth-order valence-corrected chi connectivity index (χ4v) is 2.71. The smallest absolute Gasteiger partial charge is 0.191 e. The minimum Gasteiger partial charge on any atom is -0.472 e. The summed E-state index contributed by atoms with van der Waals surface area (Å²) in [6, 6.07) is 6.21. The molecule has 0 aliphatic carbocycles. The van der Waals surface area contributed by atoms with Crippen molar-refractivity contribution in [3.05, 3.63) is 46.5 Å². The summed E-state index contributed by atoms with van der Waals surface area (Å²) in [5.41, 5.74) is 1.19. The van der Waals surface area contributed by atoms with Crippen molar-refractivity contribution >= 4 is 41.3 Å². The molecule has 0 amide bonds. The normalized spacial score (nSPS) is 11.9. The number of hydrogen-bond acceptors (Lipinski definition) is 3. The molecule has 2 heterocycles. The third kappa shape index (κ3) is 5.35. The van der Waals surface area contributed by atoms with Crippen LogP contribution in [0.4, 0.5) is 0 Å². The SMILES string of the molecule is CN=C(NCc1ccoc1)NCC(C)(C)c1cccs1.I. The lowest BCUT2D eigenvalue weighted by Gasteiger charge is -2.25. The van der Waals surface area contributed by atoms with Crippen LogP contribution in [0.25, 0.3) is 0 Å². The Labute approximate surface area is 147 Å². The second-order valence-corrected chi connectivity index (χ2v) is 6.22. The van der Waals surface area contributed by atoms with E-state index < -0.39 is 0 Å². The van der Waals surface area contributed by atoms with Crippen LogP contribution in [0.5, 0.6) is 0 Å². The van der Waals surface area contributed by atoms with Crippen LogP contribution in [0.1, 0.15) is 24.3 Å². The first-order valence-corrected chi connectivity index (χ1v) is 7.49. The Hall–Kier alpha value is -1.02. The third-order valence-corrected chi connectivity index (χ3v) is 4.39. The monoisotopic (exact) mass is 419 g/mol. The molecule has 0 aliphatic heterocycles. The zero-order chi connectivity index (χ0) is 14.4. The van der Waals surface area contributed by atoms with Gasteiger partial charge in [-0.25, -0.2) is 0 Å². The Morgan fingerprint density at radius 1 is 1.33 bits per heavy atom. The Balaban J connectivity index is 0.00000220. The first-order valence-electron chi connectivity index (χ1n) is 6.61. The van der Waals surface area contributed by atoms with Gasteiger partial charge in [-0.3, -0.25) is 4.99 Å². The number of hydrogen-bond donors (Lipinski definition) is 2. The van der Waals surface area contributed by atoms with Gasteiger partial charge in [0.1, 0.15) is 0 Å². The van der Waals surface area contributed by atoms with E-state index in [4.69, 9.17) is 4.42 Å². The largest absolute Gasteiger partial charge is 0.472 e. The molecule has 0 bridgehead atoms. The van der Waals surface area contributed by atoms with E-state index in [1.165, 1.54) is 4.88 Å². The van der Waals surface area contributed by atoms with Gasteiger partial charge in [-0.2, -0.15) is 0 Å². The average Bonchev–Trinajstić information content (AvgIpc) is 3.12. The number of thiophene rings is 1. The number of nitrogens with one attached hydrogen (secondary N) is 2. The first-order chi connectivity index (χ1) is 9.62. The van der Waals surface area contributed by atoms with E-state index in [2.05, 4.69) is 47.0 Å². The van der Waals surface area contributed by atoms with Crippen molar-refractivity contribution in [3.8, 4) is 0 Å². The summed E-state index contributed by atoms with van der Waals surface area (Å²) in [6.07, 6.45) is 3.41. The molecule has 2 rings (SSSR count). The fourth-order valence-electron chi connectivity index (χ4n) is 1.86. The second kappa shape index (κ2) is 8.43. The summed E-state index contributed by atoms with van der Waals surface area (Å²) in [4.78, 5) is 5.61. The molecule has 0 saturated carbocycles. The summed E-state index contributed by atoms with van der Waals surface area (Å²) in [5, 5.41) is 8.76. The number of halogens is 1. The van der Waals surface area contributed by atoms with Crippen LogP contribution in [-0.2, 0) is 12.0 Å². The maximum atomic E-state index is 5.04. The van der Waals surface area contributed by atoms with Gasteiger partial charge < -0.3 is 15.1 Å². The van der Waals surface area contributed by atoms with Gasteiger partial charge in [0.05, 0.1) is 12.5 Å². The Kier molecular flexibility index (Phi) is 7.24. The highest BCUT2D eigenvalue weighted by atomic mass is 127. The van der Waals surface area contributed by atoms with E-state index >= 15 is 0 Å². The lowest BCUT2D eigenvalue weighted by atomic mass is 9.91. The summed E-state index contributed by atoms with van der Waals surface area (Å²) in [6.45, 7) is 6.00. The van der Waals surface area contributed by atoms with E-state index in [-0.39, 0.29) is 29.4 Å². The maximum Gasteiger partial charge on any atom is 0.191 e. The van der Waals surface area contributed by atoms with Gasteiger partial charge in [0, 0.05) is 36.0 Å². The number of guanidine groups is 1. The predicted molar refractivity (Wildman–Crippen MR) is 99.7 cm³/mol. The molecule has 0 radical (unpaired) electrons. The molecule has 2 aromatic rings. The van der Waals surface area contributed by atoms with Gasteiger partial charge in [0.25, 0.3) is 0 Å². The summed E-state index contributed by atoms with van der Waals surface area (Å²) >= 11 is 1.79. The third-order valence-electron chi connectivity index (χ3n) is 3.15. The maximum absolute atomic E-state index is 5.04.